The van der Waals surface area contributed by atoms with E-state index in [4.69, 9.17) is 0 Å². The molecule has 0 aromatic heterocycles. The van der Waals surface area contributed by atoms with E-state index in [2.05, 4.69) is 22.2 Å². The summed E-state index contributed by atoms with van der Waals surface area (Å²) in [5, 5.41) is 8.31. The zero-order chi connectivity index (χ0) is 13.0. The Kier molecular flexibility index (Phi) is 4.49. The Morgan fingerprint density at radius 1 is 1.06 bits per heavy atom. The molecule has 0 unspecified atom stereocenters. The number of hydrogen-bond acceptors (Lipinski definition) is 5. The molecule has 2 rings (SSSR count). The molecule has 1 aromatic rings. The van der Waals surface area contributed by atoms with E-state index >= 15 is 0 Å². The molecular formula is C13H15N3S2. The van der Waals surface area contributed by atoms with Gasteiger partial charge in [-0.25, -0.2) is 10.0 Å². The maximum atomic E-state index is 4.61. The van der Waals surface area contributed by atoms with Crippen LogP contribution in [0.1, 0.15) is 5.56 Å². The Bertz CT molecular complexity index is 506. The van der Waals surface area contributed by atoms with E-state index in [9.17, 15) is 0 Å². The second kappa shape index (κ2) is 6.11. The first-order chi connectivity index (χ1) is 8.74. The zero-order valence-electron chi connectivity index (χ0n) is 10.6. The van der Waals surface area contributed by atoms with Gasteiger partial charge in [0, 0.05) is 12.6 Å². The van der Waals surface area contributed by atoms with Crippen molar-refractivity contribution in [1.29, 1.82) is 0 Å². The van der Waals surface area contributed by atoms with E-state index in [0.29, 0.717) is 0 Å². The highest BCUT2D eigenvalue weighted by Gasteiger charge is 2.12. The second-order valence-electron chi connectivity index (χ2n) is 3.66. The van der Waals surface area contributed by atoms with Gasteiger partial charge in [0.25, 0.3) is 0 Å². The van der Waals surface area contributed by atoms with E-state index in [0.717, 1.165) is 21.5 Å². The molecule has 0 bridgehead atoms. The van der Waals surface area contributed by atoms with Crippen LogP contribution in [0.5, 0.6) is 0 Å². The fourth-order valence-electron chi connectivity index (χ4n) is 1.58. The molecule has 0 radical (unpaired) electrons. The fourth-order valence-corrected chi connectivity index (χ4v) is 2.54. The molecule has 0 saturated carbocycles. The van der Waals surface area contributed by atoms with Crippen molar-refractivity contribution >= 4 is 34.4 Å². The molecule has 1 heterocycles. The normalized spacial score (nSPS) is 15.7. The molecule has 0 N–H and O–H groups in total. The Morgan fingerprint density at radius 2 is 1.78 bits per heavy atom. The van der Waals surface area contributed by atoms with Crippen molar-refractivity contribution in [3.63, 3.8) is 0 Å². The predicted molar refractivity (Wildman–Crippen MR) is 83.3 cm³/mol. The molecular weight excluding hydrogens is 262 g/mol. The lowest BCUT2D eigenvalue weighted by Crippen LogP contribution is -2.18. The molecule has 18 heavy (non-hydrogen) atoms. The fraction of sp³-hybridized carbons (Fsp3) is 0.231. The molecule has 94 valence electrons. The van der Waals surface area contributed by atoms with Gasteiger partial charge in [-0.15, -0.1) is 11.8 Å². The van der Waals surface area contributed by atoms with E-state index in [-0.39, 0.29) is 0 Å². The Labute approximate surface area is 116 Å². The first-order valence-electron chi connectivity index (χ1n) is 5.50. The number of hydrogen-bond donors (Lipinski definition) is 0. The molecule has 0 fully saturated rings. The van der Waals surface area contributed by atoms with Crippen LogP contribution in [0, 0.1) is 0 Å². The summed E-state index contributed by atoms with van der Waals surface area (Å²) in [6.07, 6.45) is 6.07. The quantitative estimate of drug-likeness (QED) is 0.830. The third-order valence-corrected chi connectivity index (χ3v) is 3.81. The molecule has 0 amide bonds. The second-order valence-corrected chi connectivity index (χ2v) is 5.26. The van der Waals surface area contributed by atoms with Gasteiger partial charge in [-0.2, -0.15) is 5.10 Å². The van der Waals surface area contributed by atoms with Gasteiger partial charge < -0.3 is 0 Å². The molecule has 3 nitrogen and oxygen atoms in total. The van der Waals surface area contributed by atoms with Gasteiger partial charge in [0.15, 0.2) is 5.17 Å². The van der Waals surface area contributed by atoms with Crippen molar-refractivity contribution in [2.75, 3.05) is 19.6 Å². The summed E-state index contributed by atoms with van der Waals surface area (Å²) >= 11 is 3.23. The van der Waals surface area contributed by atoms with Gasteiger partial charge in [-0.3, -0.25) is 0 Å². The van der Waals surface area contributed by atoms with Crippen molar-refractivity contribution in [1.82, 2.24) is 5.01 Å². The van der Waals surface area contributed by atoms with Gasteiger partial charge in [0.2, 0.25) is 0 Å². The molecule has 1 aliphatic heterocycles. The van der Waals surface area contributed by atoms with Crippen molar-refractivity contribution < 1.29 is 0 Å². The number of allylic oxidation sites excluding steroid dienone is 1. The SMILES string of the molecule is CSC1=CC(c2ccccc2)=NN(C)C(SC)=N1. The number of thioether (sulfide) groups is 2. The highest BCUT2D eigenvalue weighted by Crippen LogP contribution is 2.21. The van der Waals surface area contributed by atoms with Gasteiger partial charge >= 0.3 is 0 Å². The van der Waals surface area contributed by atoms with Crippen molar-refractivity contribution in [3.05, 3.63) is 47.0 Å². The molecule has 0 atom stereocenters. The molecule has 1 aromatic carbocycles. The Morgan fingerprint density at radius 3 is 2.39 bits per heavy atom. The minimum Gasteiger partial charge on any atom is -0.245 e. The summed E-state index contributed by atoms with van der Waals surface area (Å²) in [5.74, 6) is 0. The number of amidine groups is 1. The number of rotatable bonds is 2. The van der Waals surface area contributed by atoms with Gasteiger partial charge in [-0.1, -0.05) is 42.1 Å². The number of hydrazone groups is 1. The third-order valence-electron chi connectivity index (χ3n) is 2.46. The van der Waals surface area contributed by atoms with Gasteiger partial charge in [0.1, 0.15) is 5.03 Å². The monoisotopic (exact) mass is 277 g/mol. The number of benzene rings is 1. The van der Waals surface area contributed by atoms with Crippen LogP contribution in [0.15, 0.2) is 51.5 Å². The lowest BCUT2D eigenvalue weighted by Gasteiger charge is -2.13. The van der Waals surface area contributed by atoms with Crippen LogP contribution in [0.4, 0.5) is 0 Å². The van der Waals surface area contributed by atoms with Crippen LogP contribution in [0.2, 0.25) is 0 Å². The summed E-state index contributed by atoms with van der Waals surface area (Å²) in [4.78, 5) is 4.58. The van der Waals surface area contributed by atoms with Crippen LogP contribution in [-0.4, -0.2) is 35.4 Å². The van der Waals surface area contributed by atoms with Crippen LogP contribution in [0.3, 0.4) is 0 Å². The maximum Gasteiger partial charge on any atom is 0.184 e. The molecule has 0 aliphatic carbocycles. The van der Waals surface area contributed by atoms with Crippen LogP contribution in [-0.2, 0) is 0 Å². The van der Waals surface area contributed by atoms with E-state index in [1.807, 2.05) is 48.8 Å². The lowest BCUT2D eigenvalue weighted by molar-refractivity contribution is 0.558. The summed E-state index contributed by atoms with van der Waals surface area (Å²) in [7, 11) is 1.93. The Hall–Kier alpha value is -1.20. The molecule has 1 aliphatic rings. The summed E-state index contributed by atoms with van der Waals surface area (Å²) < 4.78 is 0. The summed E-state index contributed by atoms with van der Waals surface area (Å²) in [5.41, 5.74) is 2.05. The van der Waals surface area contributed by atoms with Gasteiger partial charge in [0.05, 0.1) is 5.71 Å². The minimum atomic E-state index is 0.904. The maximum absolute atomic E-state index is 4.61. The van der Waals surface area contributed by atoms with E-state index in [1.165, 1.54) is 0 Å². The highest BCUT2D eigenvalue weighted by atomic mass is 32.2. The molecule has 0 saturated heterocycles. The minimum absolute atomic E-state index is 0.904. The van der Waals surface area contributed by atoms with E-state index < -0.39 is 0 Å². The third kappa shape index (κ3) is 2.97. The van der Waals surface area contributed by atoms with Crippen LogP contribution >= 0.6 is 23.5 Å². The largest absolute Gasteiger partial charge is 0.245 e. The molecule has 5 heteroatoms. The Balaban J connectivity index is 2.43. The first kappa shape index (κ1) is 13.2. The smallest absolute Gasteiger partial charge is 0.184 e. The summed E-state index contributed by atoms with van der Waals surface area (Å²) in [6, 6.07) is 10.2. The zero-order valence-corrected chi connectivity index (χ0v) is 12.3. The first-order valence-corrected chi connectivity index (χ1v) is 7.95. The average molecular weight is 277 g/mol. The summed E-state index contributed by atoms with van der Waals surface area (Å²) in [6.45, 7) is 0. The number of aliphatic imine (C=N–C) groups is 1. The predicted octanol–water partition coefficient (Wildman–Crippen LogP) is 3.26. The standard InChI is InChI=1S/C13H15N3S2/c1-16-13(18-3)14-12(17-2)9-11(15-16)10-7-5-4-6-8-10/h4-9H,1-3H3. The van der Waals surface area contributed by atoms with Crippen molar-refractivity contribution in [2.24, 2.45) is 10.1 Å². The van der Waals surface area contributed by atoms with Gasteiger partial charge in [-0.05, 0) is 18.6 Å². The van der Waals surface area contributed by atoms with E-state index in [1.54, 1.807) is 23.5 Å². The van der Waals surface area contributed by atoms with Crippen LogP contribution in [0.25, 0.3) is 0 Å². The van der Waals surface area contributed by atoms with Crippen molar-refractivity contribution in [3.8, 4) is 0 Å². The number of nitrogens with zero attached hydrogens (tertiary/aromatic N) is 3. The highest BCUT2D eigenvalue weighted by molar-refractivity contribution is 8.13. The topological polar surface area (TPSA) is 28.0 Å². The lowest BCUT2D eigenvalue weighted by atomic mass is 10.1. The molecule has 0 spiro atoms. The average Bonchev–Trinajstić information content (AvgIpc) is 2.58. The van der Waals surface area contributed by atoms with Crippen molar-refractivity contribution in [2.45, 2.75) is 0 Å². The van der Waals surface area contributed by atoms with Crippen LogP contribution < -0.4 is 0 Å².